The molecular formula is C29H43N3O5. The summed E-state index contributed by atoms with van der Waals surface area (Å²) >= 11 is 0. The molecule has 8 nitrogen and oxygen atoms in total. The monoisotopic (exact) mass is 513 g/mol. The molecule has 8 heteroatoms. The summed E-state index contributed by atoms with van der Waals surface area (Å²) in [5, 5.41) is 2.93. The minimum absolute atomic E-state index is 0.0111. The molecule has 2 heterocycles. The number of benzene rings is 1. The molecule has 1 aromatic rings. The van der Waals surface area contributed by atoms with Crippen molar-refractivity contribution in [3.63, 3.8) is 0 Å². The van der Waals surface area contributed by atoms with Gasteiger partial charge in [-0.2, -0.15) is 0 Å². The molecule has 4 atom stereocenters. The molecule has 2 aliphatic rings. The van der Waals surface area contributed by atoms with Crippen LogP contribution in [-0.4, -0.2) is 77.7 Å². The van der Waals surface area contributed by atoms with Crippen molar-refractivity contribution in [1.82, 2.24) is 15.1 Å². The zero-order chi connectivity index (χ0) is 27.5. The minimum atomic E-state index is -0.752. The van der Waals surface area contributed by atoms with Crippen molar-refractivity contribution in [2.24, 2.45) is 5.92 Å². The Hall–Kier alpha value is -2.74. The highest BCUT2D eigenvalue weighted by molar-refractivity contribution is 6.01. The van der Waals surface area contributed by atoms with Gasteiger partial charge in [0.1, 0.15) is 18.2 Å². The molecule has 2 aliphatic heterocycles. The number of rotatable bonds is 9. The normalized spacial score (nSPS) is 21.2. The van der Waals surface area contributed by atoms with E-state index in [0.29, 0.717) is 31.4 Å². The van der Waals surface area contributed by atoms with Gasteiger partial charge in [-0.1, -0.05) is 60.1 Å². The van der Waals surface area contributed by atoms with E-state index in [0.717, 1.165) is 12.0 Å². The lowest BCUT2D eigenvalue weighted by molar-refractivity contribution is -0.144. The summed E-state index contributed by atoms with van der Waals surface area (Å²) in [4.78, 5) is 56.1. The molecule has 0 aromatic heterocycles. The van der Waals surface area contributed by atoms with E-state index >= 15 is 0 Å². The lowest BCUT2D eigenvalue weighted by Gasteiger charge is -2.29. The second kappa shape index (κ2) is 11.8. The number of carbonyl (C=O) groups is 4. The first kappa shape index (κ1) is 28.8. The van der Waals surface area contributed by atoms with Crippen LogP contribution < -0.4 is 5.32 Å². The Kier molecular flexibility index (Phi) is 9.16. The van der Waals surface area contributed by atoms with E-state index in [1.165, 1.54) is 7.11 Å². The first-order valence-electron chi connectivity index (χ1n) is 13.5. The van der Waals surface area contributed by atoms with Crippen LogP contribution in [0.3, 0.4) is 0 Å². The molecule has 1 N–H and O–H groups in total. The van der Waals surface area contributed by atoms with Gasteiger partial charge in [0.2, 0.25) is 5.91 Å². The number of ketones is 1. The topological polar surface area (TPSA) is 96.0 Å². The smallest absolute Gasteiger partial charge is 0.252 e. The van der Waals surface area contributed by atoms with Crippen molar-refractivity contribution in [1.29, 1.82) is 0 Å². The molecule has 37 heavy (non-hydrogen) atoms. The molecule has 204 valence electrons. The summed E-state index contributed by atoms with van der Waals surface area (Å²) in [6.45, 7) is 12.7. The van der Waals surface area contributed by atoms with Gasteiger partial charge in [-0.15, -0.1) is 0 Å². The summed E-state index contributed by atoms with van der Waals surface area (Å²) in [6, 6.07) is 5.67. The maximum atomic E-state index is 13.7. The molecule has 0 aliphatic carbocycles. The lowest BCUT2D eigenvalue weighted by atomic mass is 9.86. The van der Waals surface area contributed by atoms with Crippen LogP contribution in [0.15, 0.2) is 24.3 Å². The number of nitrogens with zero attached hydrogens (tertiary/aromatic N) is 2. The van der Waals surface area contributed by atoms with Gasteiger partial charge >= 0.3 is 0 Å². The molecular weight excluding hydrogens is 470 g/mol. The largest absolute Gasteiger partial charge is 0.372 e. The van der Waals surface area contributed by atoms with E-state index < -0.39 is 18.2 Å². The Balaban J connectivity index is 1.76. The Labute approximate surface area is 221 Å². The van der Waals surface area contributed by atoms with Crippen molar-refractivity contribution >= 4 is 23.5 Å². The zero-order valence-corrected chi connectivity index (χ0v) is 23.4. The third kappa shape index (κ3) is 6.40. The summed E-state index contributed by atoms with van der Waals surface area (Å²) < 4.78 is 5.39. The van der Waals surface area contributed by atoms with E-state index in [1.807, 2.05) is 32.9 Å². The lowest BCUT2D eigenvalue weighted by Crippen LogP contribution is -2.53. The van der Waals surface area contributed by atoms with Crippen LogP contribution in [0.4, 0.5) is 0 Å². The average molecular weight is 514 g/mol. The Morgan fingerprint density at radius 1 is 1.08 bits per heavy atom. The number of ether oxygens (including phenoxy) is 1. The van der Waals surface area contributed by atoms with Gasteiger partial charge in [-0.3, -0.25) is 19.2 Å². The van der Waals surface area contributed by atoms with Gasteiger partial charge < -0.3 is 19.9 Å². The molecule has 2 fully saturated rings. The van der Waals surface area contributed by atoms with Gasteiger partial charge in [0, 0.05) is 19.2 Å². The molecule has 0 bridgehead atoms. The van der Waals surface area contributed by atoms with Crippen LogP contribution in [0.5, 0.6) is 0 Å². The number of carbonyl (C=O) groups excluding carboxylic acids is 4. The molecule has 1 aromatic carbocycles. The Morgan fingerprint density at radius 3 is 2.27 bits per heavy atom. The van der Waals surface area contributed by atoms with Gasteiger partial charge in [-0.25, -0.2) is 0 Å². The summed E-state index contributed by atoms with van der Waals surface area (Å²) in [5.41, 5.74) is 1.58. The second-order valence-corrected chi connectivity index (χ2v) is 11.8. The van der Waals surface area contributed by atoms with Crippen LogP contribution in [0.25, 0.3) is 0 Å². The predicted molar refractivity (Wildman–Crippen MR) is 142 cm³/mol. The molecule has 3 amide bonds. The van der Waals surface area contributed by atoms with Crippen molar-refractivity contribution in [3.05, 3.63) is 35.4 Å². The van der Waals surface area contributed by atoms with E-state index in [9.17, 15) is 19.2 Å². The highest BCUT2D eigenvalue weighted by Gasteiger charge is 2.52. The number of hydrogen-bond acceptors (Lipinski definition) is 5. The number of amides is 3. The quantitative estimate of drug-likeness (QED) is 0.547. The number of hydrogen-bond donors (Lipinski definition) is 1. The van der Waals surface area contributed by atoms with Crippen molar-refractivity contribution in [2.75, 3.05) is 20.2 Å². The number of fused-ring (bicyclic) bond motifs is 1. The van der Waals surface area contributed by atoms with Crippen LogP contribution in [0.1, 0.15) is 83.1 Å². The second-order valence-electron chi connectivity index (χ2n) is 11.8. The van der Waals surface area contributed by atoms with Crippen LogP contribution >= 0.6 is 0 Å². The number of methoxy groups -OCH3 is 1. The van der Waals surface area contributed by atoms with Crippen LogP contribution in [-0.2, 0) is 24.5 Å². The van der Waals surface area contributed by atoms with Crippen molar-refractivity contribution in [3.8, 4) is 0 Å². The molecule has 4 unspecified atom stereocenters. The third-order valence-corrected chi connectivity index (χ3v) is 7.42. The highest BCUT2D eigenvalue weighted by Crippen LogP contribution is 2.32. The highest BCUT2D eigenvalue weighted by atomic mass is 16.5. The fourth-order valence-electron chi connectivity index (χ4n) is 5.40. The first-order chi connectivity index (χ1) is 17.4. The summed E-state index contributed by atoms with van der Waals surface area (Å²) in [5.74, 6) is -0.745. The third-order valence-electron chi connectivity index (χ3n) is 7.42. The molecule has 0 radical (unpaired) electrons. The number of Topliss-reactive ketones (excluding diaryl/α,β-unsaturated/α-hetero) is 1. The molecule has 0 saturated carbocycles. The fraction of sp³-hybridized carbons (Fsp3) is 0.655. The van der Waals surface area contributed by atoms with Gasteiger partial charge in [-0.05, 0) is 48.3 Å². The number of likely N-dealkylation sites (tertiary alicyclic amines) is 2. The maximum Gasteiger partial charge on any atom is 0.252 e. The van der Waals surface area contributed by atoms with Crippen LogP contribution in [0.2, 0.25) is 0 Å². The Bertz CT molecular complexity index is 998. The Morgan fingerprint density at radius 2 is 1.73 bits per heavy atom. The number of nitrogens with one attached hydrogen (secondary N) is 1. The zero-order valence-electron chi connectivity index (χ0n) is 23.4. The summed E-state index contributed by atoms with van der Waals surface area (Å²) in [7, 11) is 1.51. The van der Waals surface area contributed by atoms with Crippen molar-refractivity contribution < 1.29 is 23.9 Å². The predicted octanol–water partition coefficient (Wildman–Crippen LogP) is 3.32. The molecule has 0 spiro atoms. The fourth-order valence-corrected chi connectivity index (χ4v) is 5.40. The minimum Gasteiger partial charge on any atom is -0.372 e. The van der Waals surface area contributed by atoms with E-state index in [4.69, 9.17) is 4.74 Å². The standard InChI is InChI=1S/C29H43N3O5/c1-8-9-24(37-7)28(36)32-17-23(33)25-22(32)14-15-31(25)27(35)21(16-18(2)3)30-26(34)19-10-12-20(13-11-19)29(4,5)6/h10-13,18,21-22,24-25H,8-9,14-17H2,1-7H3,(H,30,34). The SMILES string of the molecule is CCCC(OC)C(=O)N1CC(=O)C2C1CCN2C(=O)C(CC(C)C)NC(=O)c1ccc(C(C)(C)C)cc1. The van der Waals surface area contributed by atoms with Crippen molar-refractivity contribution in [2.45, 2.75) is 96.9 Å². The maximum absolute atomic E-state index is 13.7. The van der Waals surface area contributed by atoms with Gasteiger partial charge in [0.05, 0.1) is 12.6 Å². The molecule has 2 saturated heterocycles. The first-order valence-corrected chi connectivity index (χ1v) is 13.5. The average Bonchev–Trinajstić information content (AvgIpc) is 3.41. The van der Waals surface area contributed by atoms with Gasteiger partial charge in [0.25, 0.3) is 11.8 Å². The molecule has 3 rings (SSSR count). The van der Waals surface area contributed by atoms with Gasteiger partial charge in [0.15, 0.2) is 5.78 Å². The van der Waals surface area contributed by atoms with E-state index in [-0.39, 0.29) is 47.4 Å². The summed E-state index contributed by atoms with van der Waals surface area (Å²) in [6.07, 6.45) is 1.78. The van der Waals surface area contributed by atoms with Crippen LogP contribution in [0, 0.1) is 5.92 Å². The van der Waals surface area contributed by atoms with E-state index in [1.54, 1.807) is 21.9 Å². The van der Waals surface area contributed by atoms with E-state index in [2.05, 4.69) is 26.1 Å².